The highest BCUT2D eigenvalue weighted by Crippen LogP contribution is 2.16. The van der Waals surface area contributed by atoms with Gasteiger partial charge in [0.15, 0.2) is 0 Å². The zero-order chi connectivity index (χ0) is 9.14. The van der Waals surface area contributed by atoms with Crippen LogP contribution in [-0.4, -0.2) is 23.9 Å². The second-order valence-corrected chi connectivity index (χ2v) is 2.91. The highest BCUT2D eigenvalue weighted by Gasteiger charge is 2.24. The first-order valence-corrected chi connectivity index (χ1v) is 3.90. The third kappa shape index (κ3) is 2.20. The Morgan fingerprint density at radius 3 is 2.58 bits per heavy atom. The number of rotatable bonds is 1. The molecule has 0 radical (unpaired) electrons. The first-order valence-electron chi connectivity index (χ1n) is 3.90. The number of nitrogens with two attached hydrogens (primary N) is 2. The molecule has 0 bridgehead atoms. The number of ether oxygens (including phenoxy) is 1. The molecule has 68 valence electrons. The second kappa shape index (κ2) is 3.53. The zero-order valence-corrected chi connectivity index (χ0v) is 7.32. The van der Waals surface area contributed by atoms with E-state index in [0.717, 1.165) is 12.1 Å². The van der Waals surface area contributed by atoms with Crippen LogP contribution < -0.4 is 11.5 Å². The minimum atomic E-state index is -0.0192. The molecular weight excluding hydrogens is 156 g/mol. The van der Waals surface area contributed by atoms with Crippen molar-refractivity contribution in [2.75, 3.05) is 0 Å². The van der Waals surface area contributed by atoms with Crippen molar-refractivity contribution >= 4 is 11.7 Å². The van der Waals surface area contributed by atoms with Gasteiger partial charge < -0.3 is 16.2 Å². The Morgan fingerprint density at radius 2 is 2.17 bits per heavy atom. The molecule has 0 saturated carbocycles. The summed E-state index contributed by atoms with van der Waals surface area (Å²) in [6.45, 7) is 3.93. The minimum Gasteiger partial charge on any atom is -0.369 e. The standard InChI is InChI=1S/C7H14N4O/c1-4-3-6(5(2)12-4)10-11-7(8)9/h4-5H,3H2,1-2H3,(H4,8,9,11)/b10-6+. The molecule has 0 spiro atoms. The Morgan fingerprint density at radius 1 is 1.50 bits per heavy atom. The lowest BCUT2D eigenvalue weighted by Crippen LogP contribution is -2.22. The van der Waals surface area contributed by atoms with Gasteiger partial charge in [-0.05, 0) is 13.8 Å². The van der Waals surface area contributed by atoms with E-state index in [1.165, 1.54) is 0 Å². The molecular formula is C7H14N4O. The molecule has 12 heavy (non-hydrogen) atoms. The van der Waals surface area contributed by atoms with Gasteiger partial charge in [0, 0.05) is 6.42 Å². The van der Waals surface area contributed by atoms with Gasteiger partial charge >= 0.3 is 0 Å². The molecule has 2 atom stereocenters. The molecule has 1 rings (SSSR count). The van der Waals surface area contributed by atoms with E-state index in [1.54, 1.807) is 0 Å². The van der Waals surface area contributed by atoms with Gasteiger partial charge in [0.2, 0.25) is 5.96 Å². The molecule has 4 N–H and O–H groups in total. The van der Waals surface area contributed by atoms with Gasteiger partial charge in [-0.1, -0.05) is 0 Å². The van der Waals surface area contributed by atoms with E-state index in [-0.39, 0.29) is 18.2 Å². The van der Waals surface area contributed by atoms with Crippen molar-refractivity contribution < 1.29 is 4.74 Å². The van der Waals surface area contributed by atoms with Crippen LogP contribution in [0.1, 0.15) is 20.3 Å². The van der Waals surface area contributed by atoms with Gasteiger partial charge in [-0.15, -0.1) is 5.10 Å². The minimum absolute atomic E-state index is 0.0192. The first kappa shape index (κ1) is 8.99. The summed E-state index contributed by atoms with van der Waals surface area (Å²) in [5, 5.41) is 7.46. The van der Waals surface area contributed by atoms with E-state index < -0.39 is 0 Å². The Balaban J connectivity index is 2.63. The lowest BCUT2D eigenvalue weighted by Gasteiger charge is -2.01. The van der Waals surface area contributed by atoms with Crippen LogP contribution in [0.25, 0.3) is 0 Å². The van der Waals surface area contributed by atoms with Crippen molar-refractivity contribution in [3.63, 3.8) is 0 Å². The second-order valence-electron chi connectivity index (χ2n) is 2.91. The van der Waals surface area contributed by atoms with Gasteiger partial charge in [-0.25, -0.2) is 0 Å². The van der Waals surface area contributed by atoms with Gasteiger partial charge in [-0.3, -0.25) is 0 Å². The van der Waals surface area contributed by atoms with Crippen LogP contribution in [-0.2, 0) is 4.74 Å². The fourth-order valence-electron chi connectivity index (χ4n) is 1.18. The Labute approximate surface area is 71.5 Å². The average Bonchev–Trinajstić information content (AvgIpc) is 2.26. The van der Waals surface area contributed by atoms with Crippen molar-refractivity contribution in [2.45, 2.75) is 32.5 Å². The predicted octanol–water partition coefficient (Wildman–Crippen LogP) is -0.187. The molecule has 0 aromatic heterocycles. The summed E-state index contributed by atoms with van der Waals surface area (Å²) in [4.78, 5) is 0. The Hall–Kier alpha value is -1.10. The van der Waals surface area contributed by atoms with E-state index in [1.807, 2.05) is 13.8 Å². The number of nitrogens with zero attached hydrogens (tertiary/aromatic N) is 2. The highest BCUT2D eigenvalue weighted by atomic mass is 16.5. The molecule has 0 aromatic carbocycles. The molecule has 5 heteroatoms. The summed E-state index contributed by atoms with van der Waals surface area (Å²) in [5.74, 6) is -0.0192. The molecule has 2 unspecified atom stereocenters. The van der Waals surface area contributed by atoms with Crippen LogP contribution in [0.5, 0.6) is 0 Å². The fraction of sp³-hybridized carbons (Fsp3) is 0.714. The fourth-order valence-corrected chi connectivity index (χ4v) is 1.18. The normalized spacial score (nSPS) is 32.3. The smallest absolute Gasteiger partial charge is 0.211 e. The molecule has 1 aliphatic rings. The first-order chi connectivity index (χ1) is 5.59. The van der Waals surface area contributed by atoms with Crippen LogP contribution in [0, 0.1) is 0 Å². The summed E-state index contributed by atoms with van der Waals surface area (Å²) in [5.41, 5.74) is 11.2. The van der Waals surface area contributed by atoms with Crippen LogP contribution in [0.2, 0.25) is 0 Å². The van der Waals surface area contributed by atoms with Gasteiger partial charge in [-0.2, -0.15) is 5.10 Å². The van der Waals surface area contributed by atoms with E-state index in [9.17, 15) is 0 Å². The van der Waals surface area contributed by atoms with Gasteiger partial charge in [0.25, 0.3) is 0 Å². The summed E-state index contributed by atoms with van der Waals surface area (Å²) in [7, 11) is 0. The largest absolute Gasteiger partial charge is 0.369 e. The molecule has 1 aliphatic heterocycles. The zero-order valence-electron chi connectivity index (χ0n) is 7.32. The van der Waals surface area contributed by atoms with Crippen molar-refractivity contribution in [1.82, 2.24) is 0 Å². The van der Waals surface area contributed by atoms with E-state index in [4.69, 9.17) is 16.2 Å². The van der Waals surface area contributed by atoms with Crippen LogP contribution in [0.4, 0.5) is 0 Å². The average molecular weight is 170 g/mol. The van der Waals surface area contributed by atoms with Crippen molar-refractivity contribution in [3.8, 4) is 0 Å². The van der Waals surface area contributed by atoms with Gasteiger partial charge in [0.05, 0.1) is 17.9 Å². The Bertz CT molecular complexity index is 219. The van der Waals surface area contributed by atoms with E-state index in [0.29, 0.717) is 0 Å². The van der Waals surface area contributed by atoms with Crippen LogP contribution in [0.3, 0.4) is 0 Å². The number of hydrogen-bond donors (Lipinski definition) is 2. The third-order valence-electron chi connectivity index (χ3n) is 1.70. The van der Waals surface area contributed by atoms with Crippen LogP contribution in [0.15, 0.2) is 10.2 Å². The maximum atomic E-state index is 5.42. The number of guanidine groups is 1. The predicted molar refractivity (Wildman–Crippen MR) is 47.9 cm³/mol. The Kier molecular flexibility index (Phi) is 2.65. The summed E-state index contributed by atoms with van der Waals surface area (Å²) in [6.07, 6.45) is 1.05. The lowest BCUT2D eigenvalue weighted by molar-refractivity contribution is 0.0793. The summed E-state index contributed by atoms with van der Waals surface area (Å²) >= 11 is 0. The lowest BCUT2D eigenvalue weighted by atomic mass is 10.2. The SMILES string of the molecule is CC1C/C(=N\N=C(N)N)C(C)O1. The van der Waals surface area contributed by atoms with Crippen molar-refractivity contribution in [1.29, 1.82) is 0 Å². The summed E-state index contributed by atoms with van der Waals surface area (Å²) in [6, 6.07) is 0. The topological polar surface area (TPSA) is 86.0 Å². The molecule has 0 amide bonds. The van der Waals surface area contributed by atoms with E-state index >= 15 is 0 Å². The van der Waals surface area contributed by atoms with Gasteiger partial charge in [0.1, 0.15) is 0 Å². The highest BCUT2D eigenvalue weighted by molar-refractivity contribution is 5.91. The molecule has 0 aromatic rings. The maximum absolute atomic E-state index is 5.42. The molecule has 1 fully saturated rings. The summed E-state index contributed by atoms with van der Waals surface area (Å²) < 4.78 is 5.42. The molecule has 1 saturated heterocycles. The maximum Gasteiger partial charge on any atom is 0.211 e. The van der Waals surface area contributed by atoms with Crippen LogP contribution >= 0.6 is 0 Å². The third-order valence-corrected chi connectivity index (χ3v) is 1.70. The van der Waals surface area contributed by atoms with Crippen molar-refractivity contribution in [3.05, 3.63) is 0 Å². The molecule has 1 heterocycles. The number of hydrogen-bond acceptors (Lipinski definition) is 3. The van der Waals surface area contributed by atoms with E-state index in [2.05, 4.69) is 10.2 Å². The van der Waals surface area contributed by atoms with Crippen molar-refractivity contribution in [2.24, 2.45) is 21.7 Å². The monoisotopic (exact) mass is 170 g/mol. The molecule has 0 aliphatic carbocycles. The molecule has 5 nitrogen and oxygen atoms in total. The quantitative estimate of drug-likeness (QED) is 0.325.